The number of rotatable bonds is 2. The van der Waals surface area contributed by atoms with Gasteiger partial charge < -0.3 is 10.2 Å². The van der Waals surface area contributed by atoms with Crippen LogP contribution in [0.15, 0.2) is 18.2 Å². The molecule has 1 aromatic rings. The monoisotopic (exact) mass is 252 g/mol. The Morgan fingerprint density at radius 2 is 1.59 bits per heavy atom. The van der Waals surface area contributed by atoms with Gasteiger partial charge in [-0.15, -0.1) is 4.48 Å². The molecule has 4 N–H and O–H groups in total. The maximum atomic E-state index is 12.3. The number of hydrogen-bond acceptors (Lipinski definition) is 4. The molecule has 0 aliphatic heterocycles. The highest BCUT2D eigenvalue weighted by Gasteiger charge is 2.04. The normalized spacial score (nSPS) is 8.88. The lowest BCUT2D eigenvalue weighted by molar-refractivity contribution is -0.159. The zero-order valence-electron chi connectivity index (χ0n) is 8.08. The lowest BCUT2D eigenvalue weighted by Gasteiger charge is -2.00. The van der Waals surface area contributed by atoms with Crippen molar-refractivity contribution < 1.29 is 33.1 Å². The molecule has 0 heterocycles. The van der Waals surface area contributed by atoms with E-state index in [1.165, 1.54) is 6.07 Å². The minimum absolute atomic E-state index is 0.117. The number of carboxylic acid groups (broad SMARTS) is 2. The predicted molar refractivity (Wildman–Crippen MR) is 49.5 cm³/mol. The fourth-order valence-electron chi connectivity index (χ4n) is 0.628. The van der Waals surface area contributed by atoms with Gasteiger partial charge in [0.2, 0.25) is 0 Å². The highest BCUT2D eigenvalue weighted by Crippen LogP contribution is 2.11. The molecule has 17 heavy (non-hydrogen) atoms. The van der Waals surface area contributed by atoms with Crippen molar-refractivity contribution in [3.8, 4) is 0 Å². The van der Waals surface area contributed by atoms with E-state index in [0.29, 0.717) is 0 Å². The van der Waals surface area contributed by atoms with Gasteiger partial charge in [0.25, 0.3) is 0 Å². The van der Waals surface area contributed by atoms with Crippen LogP contribution in [0.1, 0.15) is 0 Å². The van der Waals surface area contributed by atoms with Crippen LogP contribution < -0.4 is 11.1 Å². The largest absolute Gasteiger partial charge is 0.473 e. The van der Waals surface area contributed by atoms with Gasteiger partial charge >= 0.3 is 11.9 Å². The lowest BCUT2D eigenvalue weighted by atomic mass is 10.3. The first-order valence-corrected chi connectivity index (χ1v) is 3.91. The maximum Gasteiger partial charge on any atom is 0.414 e. The molecule has 9 heteroatoms. The van der Waals surface area contributed by atoms with Gasteiger partial charge in [-0.05, 0) is 12.1 Å². The number of carboxylic acids is 2. The van der Waals surface area contributed by atoms with E-state index in [4.69, 9.17) is 19.8 Å². The molecule has 0 saturated heterocycles. The molecule has 0 saturated carbocycles. The van der Waals surface area contributed by atoms with Crippen LogP contribution in [0.4, 0.5) is 18.9 Å². The van der Waals surface area contributed by atoms with Crippen LogP contribution >= 0.6 is 0 Å². The van der Waals surface area contributed by atoms with Crippen molar-refractivity contribution >= 4 is 17.6 Å². The number of hydrogen-bond donors (Lipinski definition) is 4. The molecule has 1 rings (SSSR count). The lowest BCUT2D eigenvalue weighted by Crippen LogP contribution is -2.10. The van der Waals surface area contributed by atoms with E-state index in [2.05, 4.69) is 0 Å². The molecule has 94 valence electrons. The molecule has 0 unspecified atom stereocenters. The molecule has 6 nitrogen and oxygen atoms in total. The van der Waals surface area contributed by atoms with E-state index < -0.39 is 23.6 Å². The minimum atomic E-state index is -1.82. The van der Waals surface area contributed by atoms with Crippen LogP contribution in [-0.2, 0) is 9.59 Å². The van der Waals surface area contributed by atoms with E-state index in [9.17, 15) is 13.3 Å². The first-order valence-electron chi connectivity index (χ1n) is 3.91. The molecule has 0 aliphatic rings. The maximum absolute atomic E-state index is 12.3. The standard InChI is InChI=1S/C6H5F3N2.C2H2O4/c7-5-2-1-4(10-11-9)3-6(5)8;3-1(4)2(5)6/h1-3,10-11H;(H,3,4)(H,5,6). The molecule has 0 aliphatic carbocycles. The molecule has 0 amide bonds. The van der Waals surface area contributed by atoms with Crippen molar-refractivity contribution in [1.82, 2.24) is 5.65 Å². The molecule has 0 spiro atoms. The summed E-state index contributed by atoms with van der Waals surface area (Å²) in [5.41, 5.74) is 3.16. The van der Waals surface area contributed by atoms with E-state index in [1.54, 1.807) is 0 Å². The van der Waals surface area contributed by atoms with Crippen molar-refractivity contribution in [2.45, 2.75) is 0 Å². The zero-order valence-corrected chi connectivity index (χ0v) is 8.08. The molecule has 0 bridgehead atoms. The van der Waals surface area contributed by atoms with Gasteiger partial charge in [0.05, 0.1) is 5.69 Å². The van der Waals surface area contributed by atoms with Gasteiger partial charge in [0.1, 0.15) is 0 Å². The van der Waals surface area contributed by atoms with Crippen molar-refractivity contribution in [1.29, 1.82) is 0 Å². The van der Waals surface area contributed by atoms with Gasteiger partial charge in [0, 0.05) is 6.07 Å². The average molecular weight is 252 g/mol. The van der Waals surface area contributed by atoms with Crippen LogP contribution in [0.25, 0.3) is 0 Å². The van der Waals surface area contributed by atoms with E-state index in [1.807, 2.05) is 5.43 Å². The Morgan fingerprint density at radius 1 is 1.06 bits per heavy atom. The van der Waals surface area contributed by atoms with Gasteiger partial charge in [0.15, 0.2) is 11.6 Å². The Balaban J connectivity index is 0.000000366. The minimum Gasteiger partial charge on any atom is -0.473 e. The quantitative estimate of drug-likeness (QED) is 0.355. The Labute approximate surface area is 92.6 Å². The summed E-state index contributed by atoms with van der Waals surface area (Å²) >= 11 is 0. The van der Waals surface area contributed by atoms with E-state index in [0.717, 1.165) is 17.8 Å². The van der Waals surface area contributed by atoms with Crippen molar-refractivity contribution in [2.24, 2.45) is 0 Å². The third-order valence-electron chi connectivity index (χ3n) is 1.29. The van der Waals surface area contributed by atoms with E-state index in [-0.39, 0.29) is 5.69 Å². The summed E-state index contributed by atoms with van der Waals surface area (Å²) in [6, 6.07) is 2.93. The Hall–Kier alpha value is -2.29. The number of hydrazine groups is 1. The van der Waals surface area contributed by atoms with Crippen LogP contribution in [0.2, 0.25) is 0 Å². The highest BCUT2D eigenvalue weighted by atomic mass is 19.2. The number of nitrogens with one attached hydrogen (secondary N) is 2. The second kappa shape index (κ2) is 7.06. The summed E-state index contributed by atoms with van der Waals surface area (Å²) in [5, 5.41) is 14.8. The third kappa shape index (κ3) is 5.99. The third-order valence-corrected chi connectivity index (χ3v) is 1.29. The summed E-state index contributed by atoms with van der Waals surface area (Å²) < 4.78 is 35.9. The van der Waals surface area contributed by atoms with Crippen molar-refractivity contribution in [3.05, 3.63) is 29.8 Å². The zero-order chi connectivity index (χ0) is 13.4. The van der Waals surface area contributed by atoms with Crippen molar-refractivity contribution in [2.75, 3.05) is 5.43 Å². The van der Waals surface area contributed by atoms with Gasteiger partial charge in [-0.25, -0.2) is 18.4 Å². The Morgan fingerprint density at radius 3 is 1.94 bits per heavy atom. The average Bonchev–Trinajstić information content (AvgIpc) is 2.25. The molecular formula is C8H7F3N2O4. The molecule has 0 radical (unpaired) electrons. The summed E-state index contributed by atoms with van der Waals surface area (Å²) in [6.07, 6.45) is 0. The molecule has 0 fully saturated rings. The number of aliphatic carboxylic acids is 2. The first kappa shape index (κ1) is 14.7. The SMILES string of the molecule is FNNc1ccc(F)c(F)c1.O=C(O)C(=O)O. The summed E-state index contributed by atoms with van der Waals surface area (Å²) in [4.78, 5) is 18.2. The van der Waals surface area contributed by atoms with Crippen LogP contribution in [0.5, 0.6) is 0 Å². The summed E-state index contributed by atoms with van der Waals surface area (Å²) in [7, 11) is 0. The molecular weight excluding hydrogens is 245 g/mol. The van der Waals surface area contributed by atoms with Gasteiger partial charge in [-0.1, -0.05) is 5.65 Å². The molecule has 0 atom stereocenters. The van der Waals surface area contributed by atoms with Crippen LogP contribution in [-0.4, -0.2) is 22.2 Å². The molecule has 0 aromatic heterocycles. The highest BCUT2D eigenvalue weighted by molar-refractivity contribution is 6.27. The predicted octanol–water partition coefficient (Wildman–Crippen LogP) is 0.921. The number of benzene rings is 1. The van der Waals surface area contributed by atoms with Crippen LogP contribution in [0, 0.1) is 11.6 Å². The van der Waals surface area contributed by atoms with Crippen molar-refractivity contribution in [3.63, 3.8) is 0 Å². The fraction of sp³-hybridized carbons (Fsp3) is 0. The van der Waals surface area contributed by atoms with E-state index >= 15 is 0 Å². The topological polar surface area (TPSA) is 98.7 Å². The smallest absolute Gasteiger partial charge is 0.414 e. The fourth-order valence-corrected chi connectivity index (χ4v) is 0.628. The summed E-state index contributed by atoms with van der Waals surface area (Å²) in [5.74, 6) is -5.63. The first-order chi connectivity index (χ1) is 7.88. The Kier molecular flexibility index (Phi) is 6.11. The number of carbonyl (C=O) groups is 2. The van der Waals surface area contributed by atoms with Crippen LogP contribution in [0.3, 0.4) is 0 Å². The Bertz CT molecular complexity index is 402. The second-order valence-corrected chi connectivity index (χ2v) is 2.46. The molecule has 1 aromatic carbocycles. The second-order valence-electron chi connectivity index (χ2n) is 2.46. The number of anilines is 1. The van der Waals surface area contributed by atoms with Gasteiger partial charge in [-0.2, -0.15) is 0 Å². The summed E-state index contributed by atoms with van der Waals surface area (Å²) in [6.45, 7) is 0. The van der Waals surface area contributed by atoms with Gasteiger partial charge in [-0.3, -0.25) is 5.43 Å². The number of halogens is 3.